The summed E-state index contributed by atoms with van der Waals surface area (Å²) in [5, 5.41) is 0. The van der Waals surface area contributed by atoms with Gasteiger partial charge in [0.15, 0.2) is 0 Å². The maximum atomic E-state index is 11.4. The van der Waals surface area contributed by atoms with Crippen LogP contribution in [0.25, 0.3) is 0 Å². The summed E-state index contributed by atoms with van der Waals surface area (Å²) in [6, 6.07) is 8.85. The topological polar surface area (TPSA) is 65.5 Å². The van der Waals surface area contributed by atoms with Gasteiger partial charge < -0.3 is 14.9 Å². The Morgan fingerprint density at radius 2 is 2.00 bits per heavy atom. The molecule has 1 unspecified atom stereocenters. The molecule has 1 heterocycles. The van der Waals surface area contributed by atoms with Crippen LogP contribution < -0.4 is 5.73 Å². The third-order valence-electron chi connectivity index (χ3n) is 3.30. The van der Waals surface area contributed by atoms with Crippen molar-refractivity contribution >= 4 is 5.97 Å². The number of rotatable bonds is 3. The second-order valence-corrected chi connectivity index (χ2v) is 4.46. The Morgan fingerprint density at radius 1 is 1.26 bits per heavy atom. The van der Waals surface area contributed by atoms with E-state index in [0.29, 0.717) is 5.76 Å². The van der Waals surface area contributed by atoms with Gasteiger partial charge in [-0.3, -0.25) is 0 Å². The van der Waals surface area contributed by atoms with Crippen molar-refractivity contribution in [2.75, 3.05) is 7.11 Å². The average Bonchev–Trinajstić information content (AvgIpc) is 2.90. The molecule has 0 amide bonds. The first-order valence-corrected chi connectivity index (χ1v) is 6.04. The van der Waals surface area contributed by atoms with Crippen LogP contribution in [0.2, 0.25) is 0 Å². The van der Waals surface area contributed by atoms with Crippen LogP contribution in [0, 0.1) is 13.8 Å². The minimum Gasteiger partial charge on any atom is -0.463 e. The molecule has 0 aliphatic heterocycles. The highest BCUT2D eigenvalue weighted by Gasteiger charge is 2.18. The molecular formula is C15H17NO3. The molecule has 0 saturated carbocycles. The monoisotopic (exact) mass is 259 g/mol. The molecule has 1 atom stereocenters. The zero-order valence-corrected chi connectivity index (χ0v) is 11.3. The number of esters is 1. The summed E-state index contributed by atoms with van der Waals surface area (Å²) in [7, 11) is 1.31. The van der Waals surface area contributed by atoms with E-state index in [9.17, 15) is 4.79 Å². The van der Waals surface area contributed by atoms with E-state index < -0.39 is 12.0 Å². The van der Waals surface area contributed by atoms with E-state index in [1.807, 2.05) is 32.0 Å². The van der Waals surface area contributed by atoms with E-state index in [4.69, 9.17) is 10.2 Å². The van der Waals surface area contributed by atoms with E-state index >= 15 is 0 Å². The fourth-order valence-corrected chi connectivity index (χ4v) is 1.99. The number of hydrogen-bond acceptors (Lipinski definition) is 4. The number of aryl methyl sites for hydroxylation is 1. The third kappa shape index (κ3) is 2.53. The lowest BCUT2D eigenvalue weighted by Crippen LogP contribution is -2.13. The third-order valence-corrected chi connectivity index (χ3v) is 3.30. The molecule has 4 nitrogen and oxygen atoms in total. The largest absolute Gasteiger partial charge is 0.463 e. The van der Waals surface area contributed by atoms with Crippen LogP contribution in [0.3, 0.4) is 0 Å². The number of hydrogen-bond donors (Lipinski definition) is 1. The van der Waals surface area contributed by atoms with Gasteiger partial charge in [-0.1, -0.05) is 18.2 Å². The maximum absolute atomic E-state index is 11.4. The lowest BCUT2D eigenvalue weighted by molar-refractivity contribution is 0.0562. The molecule has 1 aromatic heterocycles. The van der Waals surface area contributed by atoms with Crippen molar-refractivity contribution in [3.8, 4) is 0 Å². The number of nitrogens with two attached hydrogens (primary N) is 1. The Balaban J connectivity index is 2.34. The molecule has 100 valence electrons. The number of carbonyl (C=O) groups excluding carboxylic acids is 1. The molecule has 0 bridgehead atoms. The minimum absolute atomic E-state index is 0.165. The SMILES string of the molecule is COC(=O)c1ccc(C(N)c2cccc(C)c2C)o1. The fraction of sp³-hybridized carbons (Fsp3) is 0.267. The second kappa shape index (κ2) is 5.28. The zero-order valence-electron chi connectivity index (χ0n) is 11.3. The molecule has 0 aliphatic rings. The van der Waals surface area contributed by atoms with Crippen LogP contribution >= 0.6 is 0 Å². The predicted molar refractivity (Wildman–Crippen MR) is 72.0 cm³/mol. The highest BCUT2D eigenvalue weighted by Crippen LogP contribution is 2.26. The minimum atomic E-state index is -0.501. The Labute approximate surface area is 112 Å². The van der Waals surface area contributed by atoms with Gasteiger partial charge in [0.2, 0.25) is 5.76 Å². The standard InChI is InChI=1S/C15H17NO3/c1-9-5-4-6-11(10(9)2)14(16)12-7-8-13(19-12)15(17)18-3/h4-8,14H,16H2,1-3H3. The molecule has 2 N–H and O–H groups in total. The molecule has 2 rings (SSSR count). The summed E-state index contributed by atoms with van der Waals surface area (Å²) in [6.07, 6.45) is 0. The molecular weight excluding hydrogens is 242 g/mol. The maximum Gasteiger partial charge on any atom is 0.373 e. The predicted octanol–water partition coefficient (Wildman–Crippen LogP) is 2.73. The van der Waals surface area contributed by atoms with E-state index in [0.717, 1.165) is 11.1 Å². The molecule has 0 fully saturated rings. The molecule has 0 saturated heterocycles. The molecule has 4 heteroatoms. The first kappa shape index (κ1) is 13.4. The quantitative estimate of drug-likeness (QED) is 0.861. The molecule has 0 aliphatic carbocycles. The second-order valence-electron chi connectivity index (χ2n) is 4.46. The summed E-state index contributed by atoms with van der Waals surface area (Å²) in [5.41, 5.74) is 9.49. The van der Waals surface area contributed by atoms with Crippen molar-refractivity contribution in [1.82, 2.24) is 0 Å². The molecule has 2 aromatic rings. The first-order chi connectivity index (χ1) is 9.04. The lowest BCUT2D eigenvalue weighted by Gasteiger charge is -2.14. The highest BCUT2D eigenvalue weighted by molar-refractivity contribution is 5.86. The summed E-state index contributed by atoms with van der Waals surface area (Å²) in [6.45, 7) is 4.06. The number of methoxy groups -OCH3 is 1. The van der Waals surface area contributed by atoms with E-state index in [1.54, 1.807) is 12.1 Å². The van der Waals surface area contributed by atoms with Gasteiger partial charge >= 0.3 is 5.97 Å². The molecule has 1 aromatic carbocycles. The van der Waals surface area contributed by atoms with Crippen molar-refractivity contribution in [2.24, 2.45) is 5.73 Å². The lowest BCUT2D eigenvalue weighted by atomic mass is 9.97. The normalized spacial score (nSPS) is 12.2. The van der Waals surface area contributed by atoms with Crippen LogP contribution in [0.4, 0.5) is 0 Å². The number of furan rings is 1. The Kier molecular flexibility index (Phi) is 3.71. The van der Waals surface area contributed by atoms with Crippen molar-refractivity contribution in [3.05, 3.63) is 58.5 Å². The number of carbonyl (C=O) groups is 1. The highest BCUT2D eigenvalue weighted by atomic mass is 16.5. The molecule has 0 radical (unpaired) electrons. The van der Waals surface area contributed by atoms with Crippen molar-refractivity contribution in [2.45, 2.75) is 19.9 Å². The fourth-order valence-electron chi connectivity index (χ4n) is 1.99. The van der Waals surface area contributed by atoms with Crippen LogP contribution in [-0.4, -0.2) is 13.1 Å². The van der Waals surface area contributed by atoms with Gasteiger partial charge in [-0.15, -0.1) is 0 Å². The number of ether oxygens (including phenoxy) is 1. The van der Waals surface area contributed by atoms with Crippen LogP contribution in [0.1, 0.15) is 39.0 Å². The summed E-state index contributed by atoms with van der Waals surface area (Å²) in [5.74, 6) is 0.215. The smallest absolute Gasteiger partial charge is 0.373 e. The van der Waals surface area contributed by atoms with Crippen LogP contribution in [0.15, 0.2) is 34.7 Å². The van der Waals surface area contributed by atoms with Crippen LogP contribution in [-0.2, 0) is 4.74 Å². The molecule has 0 spiro atoms. The van der Waals surface area contributed by atoms with Crippen molar-refractivity contribution < 1.29 is 13.9 Å². The Hall–Kier alpha value is -2.07. The van der Waals surface area contributed by atoms with Gasteiger partial charge in [0.25, 0.3) is 0 Å². The van der Waals surface area contributed by atoms with E-state index in [-0.39, 0.29) is 5.76 Å². The number of benzene rings is 1. The Bertz CT molecular complexity index is 601. The van der Waals surface area contributed by atoms with Gasteiger partial charge in [0.1, 0.15) is 5.76 Å². The van der Waals surface area contributed by atoms with E-state index in [1.165, 1.54) is 12.7 Å². The Morgan fingerprint density at radius 3 is 2.68 bits per heavy atom. The van der Waals surface area contributed by atoms with Gasteiger partial charge in [0, 0.05) is 0 Å². The van der Waals surface area contributed by atoms with Gasteiger partial charge in [0.05, 0.1) is 13.2 Å². The zero-order chi connectivity index (χ0) is 14.0. The molecule has 19 heavy (non-hydrogen) atoms. The van der Waals surface area contributed by atoms with E-state index in [2.05, 4.69) is 4.74 Å². The first-order valence-electron chi connectivity index (χ1n) is 6.04. The summed E-state index contributed by atoms with van der Waals surface area (Å²) >= 11 is 0. The van der Waals surface area contributed by atoms with Crippen molar-refractivity contribution in [1.29, 1.82) is 0 Å². The van der Waals surface area contributed by atoms with Gasteiger partial charge in [-0.05, 0) is 42.7 Å². The summed E-state index contributed by atoms with van der Waals surface area (Å²) in [4.78, 5) is 11.4. The van der Waals surface area contributed by atoms with Gasteiger partial charge in [-0.25, -0.2) is 4.79 Å². The van der Waals surface area contributed by atoms with Crippen molar-refractivity contribution in [3.63, 3.8) is 0 Å². The van der Waals surface area contributed by atoms with Crippen LogP contribution in [0.5, 0.6) is 0 Å². The average molecular weight is 259 g/mol. The summed E-state index contributed by atoms with van der Waals surface area (Å²) < 4.78 is 10.1. The van der Waals surface area contributed by atoms with Gasteiger partial charge in [-0.2, -0.15) is 0 Å².